The molecule has 1 unspecified atom stereocenters. The Labute approximate surface area is 170 Å². The lowest BCUT2D eigenvalue weighted by molar-refractivity contribution is -0.384. The lowest BCUT2D eigenvalue weighted by Gasteiger charge is -2.21. The molecule has 1 atom stereocenters. The monoisotopic (exact) mass is 419 g/mol. The van der Waals surface area contributed by atoms with Crippen molar-refractivity contribution in [3.63, 3.8) is 0 Å². The fourth-order valence-corrected chi connectivity index (χ4v) is 2.50. The molecule has 11 heteroatoms. The summed E-state index contributed by atoms with van der Waals surface area (Å²) in [5.41, 5.74) is 4.10. The van der Waals surface area contributed by atoms with Crippen molar-refractivity contribution in [3.05, 3.63) is 69.0 Å². The summed E-state index contributed by atoms with van der Waals surface area (Å²) in [4.78, 5) is 51.0. The zero-order valence-electron chi connectivity index (χ0n) is 15.5. The van der Waals surface area contributed by atoms with E-state index in [2.05, 4.69) is 21.2 Å². The van der Waals surface area contributed by atoms with Crippen LogP contribution in [0.3, 0.4) is 0 Å². The van der Waals surface area contributed by atoms with Crippen molar-refractivity contribution in [2.75, 3.05) is 0 Å². The Hall–Kier alpha value is -3.53. The van der Waals surface area contributed by atoms with Crippen LogP contribution in [0.2, 0.25) is 5.02 Å². The van der Waals surface area contributed by atoms with E-state index in [1.165, 1.54) is 24.4 Å². The molecule has 152 valence electrons. The number of aromatic nitrogens is 1. The predicted molar refractivity (Wildman–Crippen MR) is 104 cm³/mol. The van der Waals surface area contributed by atoms with Gasteiger partial charge < -0.3 is 5.32 Å². The fraction of sp³-hybridized carbons (Fsp3) is 0.222. The number of hydrazine groups is 1. The van der Waals surface area contributed by atoms with E-state index in [1.54, 1.807) is 26.0 Å². The number of hydrogen-bond donors (Lipinski definition) is 3. The number of nitrogens with zero attached hydrogens (tertiary/aromatic N) is 2. The lowest BCUT2D eigenvalue weighted by atomic mass is 10.0. The summed E-state index contributed by atoms with van der Waals surface area (Å²) >= 11 is 5.74. The molecule has 2 aromatic rings. The number of carbonyl (C=O) groups excluding carboxylic acids is 3. The van der Waals surface area contributed by atoms with Gasteiger partial charge in [-0.3, -0.25) is 40.3 Å². The number of amides is 3. The summed E-state index contributed by atoms with van der Waals surface area (Å²) < 4.78 is 0. The van der Waals surface area contributed by atoms with Crippen LogP contribution in [0.1, 0.15) is 34.7 Å². The number of benzene rings is 1. The zero-order chi connectivity index (χ0) is 21.6. The summed E-state index contributed by atoms with van der Waals surface area (Å²) in [7, 11) is 0. The van der Waals surface area contributed by atoms with Crippen molar-refractivity contribution in [1.29, 1.82) is 0 Å². The molecule has 0 spiro atoms. The normalized spacial score (nSPS) is 11.4. The minimum absolute atomic E-state index is 0.0305. The summed E-state index contributed by atoms with van der Waals surface area (Å²) in [5.74, 6) is -2.33. The summed E-state index contributed by atoms with van der Waals surface area (Å²) in [6.07, 6.45) is 1.43. The maximum atomic E-state index is 12.5. The van der Waals surface area contributed by atoms with Crippen molar-refractivity contribution < 1.29 is 19.3 Å². The smallest absolute Gasteiger partial charge is 0.288 e. The van der Waals surface area contributed by atoms with Crippen LogP contribution in [0, 0.1) is 16.0 Å². The van der Waals surface area contributed by atoms with Gasteiger partial charge in [-0.1, -0.05) is 31.5 Å². The van der Waals surface area contributed by atoms with Crippen LogP contribution in [-0.4, -0.2) is 33.7 Å². The van der Waals surface area contributed by atoms with E-state index in [9.17, 15) is 24.5 Å². The van der Waals surface area contributed by atoms with Gasteiger partial charge in [0.05, 0.1) is 4.92 Å². The number of pyridine rings is 1. The van der Waals surface area contributed by atoms with Crippen LogP contribution in [0.25, 0.3) is 0 Å². The summed E-state index contributed by atoms with van der Waals surface area (Å²) in [5, 5.41) is 13.4. The van der Waals surface area contributed by atoms with Gasteiger partial charge in [0, 0.05) is 17.8 Å². The molecule has 29 heavy (non-hydrogen) atoms. The van der Waals surface area contributed by atoms with Gasteiger partial charge in [-0.25, -0.2) is 0 Å². The van der Waals surface area contributed by atoms with Crippen molar-refractivity contribution in [2.24, 2.45) is 5.92 Å². The minimum Gasteiger partial charge on any atom is -0.340 e. The molecule has 0 aliphatic heterocycles. The van der Waals surface area contributed by atoms with Crippen LogP contribution in [0.4, 0.5) is 5.69 Å². The van der Waals surface area contributed by atoms with E-state index < -0.39 is 34.4 Å². The largest absolute Gasteiger partial charge is 0.340 e. The van der Waals surface area contributed by atoms with Crippen LogP contribution < -0.4 is 16.2 Å². The molecule has 0 bridgehead atoms. The molecule has 3 amide bonds. The van der Waals surface area contributed by atoms with Crippen LogP contribution in [-0.2, 0) is 4.79 Å². The molecule has 1 aromatic heterocycles. The average molecular weight is 420 g/mol. The number of hydrogen-bond acceptors (Lipinski definition) is 6. The third-order valence-electron chi connectivity index (χ3n) is 3.84. The van der Waals surface area contributed by atoms with E-state index in [-0.39, 0.29) is 22.2 Å². The molecule has 10 nitrogen and oxygen atoms in total. The number of halogens is 1. The highest BCUT2D eigenvalue weighted by molar-refractivity contribution is 6.32. The Balaban J connectivity index is 2.06. The molecule has 1 heterocycles. The molecule has 0 aliphatic rings. The highest BCUT2D eigenvalue weighted by Crippen LogP contribution is 2.25. The van der Waals surface area contributed by atoms with Gasteiger partial charge in [-0.2, -0.15) is 0 Å². The second-order valence-corrected chi connectivity index (χ2v) is 6.68. The van der Waals surface area contributed by atoms with E-state index >= 15 is 0 Å². The molecule has 0 aliphatic carbocycles. The van der Waals surface area contributed by atoms with E-state index in [0.29, 0.717) is 0 Å². The first-order valence-electron chi connectivity index (χ1n) is 8.46. The Morgan fingerprint density at radius 1 is 1.10 bits per heavy atom. The van der Waals surface area contributed by atoms with E-state index in [0.717, 1.165) is 6.07 Å². The van der Waals surface area contributed by atoms with E-state index in [4.69, 9.17) is 11.6 Å². The third kappa shape index (κ3) is 5.72. The molecular formula is C18H18ClN5O5. The van der Waals surface area contributed by atoms with Crippen LogP contribution in [0.15, 0.2) is 42.6 Å². The maximum Gasteiger partial charge on any atom is 0.288 e. The first-order chi connectivity index (χ1) is 13.7. The first kappa shape index (κ1) is 21.8. The minimum atomic E-state index is -1.01. The second kappa shape index (κ2) is 9.60. The molecule has 0 radical (unpaired) electrons. The number of carbonyl (C=O) groups is 3. The number of nitro groups is 1. The lowest BCUT2D eigenvalue weighted by Crippen LogP contribution is -2.54. The Bertz CT molecular complexity index is 935. The highest BCUT2D eigenvalue weighted by Gasteiger charge is 2.26. The van der Waals surface area contributed by atoms with Gasteiger partial charge in [-0.15, -0.1) is 0 Å². The highest BCUT2D eigenvalue weighted by atomic mass is 35.5. The van der Waals surface area contributed by atoms with Crippen LogP contribution in [0.5, 0.6) is 0 Å². The molecule has 0 saturated heterocycles. The standard InChI is InChI=1S/C18H18ClN5O5/c1-10(2)15(18(27)23-22-17(26)13-5-3-4-8-20-13)21-16(25)11-6-7-12(19)14(9-11)24(28)29/h3-10,15H,1-2H3,(H,21,25)(H,22,26)(H,23,27). The Morgan fingerprint density at radius 3 is 2.41 bits per heavy atom. The third-order valence-corrected chi connectivity index (χ3v) is 4.16. The SMILES string of the molecule is CC(C)C(NC(=O)c1ccc(Cl)c([N+](=O)[O-])c1)C(=O)NNC(=O)c1ccccn1. The van der Waals surface area contributed by atoms with Crippen molar-refractivity contribution in [1.82, 2.24) is 21.2 Å². The van der Waals surface area contributed by atoms with E-state index in [1.807, 2.05) is 0 Å². The number of nitro benzene ring substituents is 1. The summed E-state index contributed by atoms with van der Waals surface area (Å²) in [6.45, 7) is 3.38. The zero-order valence-corrected chi connectivity index (χ0v) is 16.3. The second-order valence-electron chi connectivity index (χ2n) is 6.28. The molecule has 2 rings (SSSR count). The van der Waals surface area contributed by atoms with Gasteiger partial charge >= 0.3 is 0 Å². The predicted octanol–water partition coefficient (Wildman–Crippen LogP) is 1.86. The van der Waals surface area contributed by atoms with Crippen LogP contribution >= 0.6 is 11.6 Å². The Kier molecular flexibility index (Phi) is 7.21. The molecule has 3 N–H and O–H groups in total. The van der Waals surface area contributed by atoms with Crippen molar-refractivity contribution >= 4 is 35.0 Å². The molecule has 1 aromatic carbocycles. The molecular weight excluding hydrogens is 402 g/mol. The summed E-state index contributed by atoms with van der Waals surface area (Å²) in [6, 6.07) is 7.27. The maximum absolute atomic E-state index is 12.5. The Morgan fingerprint density at radius 2 is 1.83 bits per heavy atom. The van der Waals surface area contributed by atoms with Gasteiger partial charge in [0.2, 0.25) is 0 Å². The van der Waals surface area contributed by atoms with Gasteiger partial charge in [0.25, 0.3) is 23.4 Å². The molecule has 0 fully saturated rings. The van der Waals surface area contributed by atoms with Crippen molar-refractivity contribution in [2.45, 2.75) is 19.9 Å². The quantitative estimate of drug-likeness (QED) is 0.481. The number of rotatable bonds is 6. The topological polar surface area (TPSA) is 143 Å². The first-order valence-corrected chi connectivity index (χ1v) is 8.84. The number of nitrogens with one attached hydrogen (secondary N) is 3. The van der Waals surface area contributed by atoms with Gasteiger partial charge in [0.15, 0.2) is 0 Å². The van der Waals surface area contributed by atoms with Gasteiger partial charge in [-0.05, 0) is 30.2 Å². The fourth-order valence-electron chi connectivity index (χ4n) is 2.31. The molecule has 0 saturated carbocycles. The van der Waals surface area contributed by atoms with Gasteiger partial charge in [0.1, 0.15) is 16.8 Å². The average Bonchev–Trinajstić information content (AvgIpc) is 2.70. The van der Waals surface area contributed by atoms with Crippen molar-refractivity contribution in [3.8, 4) is 0 Å².